The van der Waals surface area contributed by atoms with Crippen LogP contribution in [0.15, 0.2) is 29.1 Å². The van der Waals surface area contributed by atoms with Gasteiger partial charge in [-0.1, -0.05) is 6.92 Å². The number of aryl methyl sites for hydroxylation is 2. The van der Waals surface area contributed by atoms with Crippen LogP contribution in [0.4, 0.5) is 0 Å². The Hall–Kier alpha value is -1.06. The summed E-state index contributed by atoms with van der Waals surface area (Å²) in [6.07, 6.45) is 4.71. The lowest BCUT2D eigenvalue weighted by atomic mass is 10.1. The smallest absolute Gasteiger partial charge is 0.0954 e. The Labute approximate surface area is 107 Å². The molecule has 2 rings (SSSR count). The molecule has 1 atom stereocenters. The first-order chi connectivity index (χ1) is 8.22. The Balaban J connectivity index is 2.30. The zero-order valence-electron chi connectivity index (χ0n) is 10.6. The van der Waals surface area contributed by atoms with Gasteiger partial charge in [-0.3, -0.25) is 0 Å². The van der Waals surface area contributed by atoms with Crippen molar-refractivity contribution in [2.75, 3.05) is 6.54 Å². The third-order valence-corrected chi connectivity index (χ3v) is 4.03. The topological polar surface area (TPSA) is 25.2 Å². The van der Waals surface area contributed by atoms with Crippen LogP contribution in [0.5, 0.6) is 0 Å². The van der Waals surface area contributed by atoms with Gasteiger partial charge in [0.1, 0.15) is 0 Å². The Morgan fingerprint density at radius 2 is 2.24 bits per heavy atom. The third-order valence-electron chi connectivity index (χ3n) is 2.82. The van der Waals surface area contributed by atoms with Crippen molar-refractivity contribution in [1.29, 1.82) is 0 Å². The molecule has 0 aliphatic carbocycles. The first-order valence-electron chi connectivity index (χ1n) is 6.04. The lowest BCUT2D eigenvalue weighted by Crippen LogP contribution is -2.22. The number of thiophene rings is 1. The van der Waals surface area contributed by atoms with E-state index in [2.05, 4.69) is 32.2 Å². The van der Waals surface area contributed by atoms with Crippen LogP contribution in [0.1, 0.15) is 40.3 Å². The van der Waals surface area contributed by atoms with Crippen molar-refractivity contribution in [2.24, 2.45) is 0 Å². The van der Waals surface area contributed by atoms with Crippen LogP contribution in [0.25, 0.3) is 0 Å². The van der Waals surface area contributed by atoms with E-state index >= 15 is 0 Å². The zero-order valence-corrected chi connectivity index (χ0v) is 11.4. The molecule has 0 bridgehead atoms. The molecule has 17 heavy (non-hydrogen) atoms. The predicted octanol–water partition coefficient (Wildman–Crippen LogP) is 4.05. The summed E-state index contributed by atoms with van der Waals surface area (Å²) in [4.78, 5) is 2.77. The number of rotatable bonds is 5. The van der Waals surface area contributed by atoms with E-state index in [-0.39, 0.29) is 6.04 Å². The van der Waals surface area contributed by atoms with Gasteiger partial charge >= 0.3 is 0 Å². The van der Waals surface area contributed by atoms with Gasteiger partial charge in [0, 0.05) is 15.3 Å². The van der Waals surface area contributed by atoms with Crippen LogP contribution >= 0.6 is 11.3 Å². The first-order valence-corrected chi connectivity index (χ1v) is 6.86. The molecular formula is C14H19NOS. The van der Waals surface area contributed by atoms with E-state index in [4.69, 9.17) is 4.42 Å². The molecule has 92 valence electrons. The molecule has 0 saturated heterocycles. The van der Waals surface area contributed by atoms with Gasteiger partial charge in [-0.2, -0.15) is 0 Å². The Kier molecular flexibility index (Phi) is 4.02. The molecule has 1 unspecified atom stereocenters. The minimum absolute atomic E-state index is 0.271. The summed E-state index contributed by atoms with van der Waals surface area (Å²) in [5, 5.41) is 3.59. The standard InChI is InChI=1S/C14H19NOS/c1-4-6-15-13(12-5-7-16-9-12)14-10(2)8-11(3)17-14/h5,7-9,13,15H,4,6H2,1-3H3. The maximum Gasteiger partial charge on any atom is 0.0954 e. The van der Waals surface area contributed by atoms with E-state index in [1.807, 2.05) is 23.7 Å². The van der Waals surface area contributed by atoms with E-state index in [1.54, 1.807) is 6.26 Å². The molecule has 0 fully saturated rings. The summed E-state index contributed by atoms with van der Waals surface area (Å²) in [5.41, 5.74) is 2.57. The van der Waals surface area contributed by atoms with Crippen molar-refractivity contribution >= 4 is 11.3 Å². The van der Waals surface area contributed by atoms with Crippen molar-refractivity contribution in [3.05, 3.63) is 45.5 Å². The largest absolute Gasteiger partial charge is 0.472 e. The van der Waals surface area contributed by atoms with Crippen molar-refractivity contribution in [1.82, 2.24) is 5.32 Å². The predicted molar refractivity (Wildman–Crippen MR) is 72.6 cm³/mol. The maximum atomic E-state index is 5.21. The summed E-state index contributed by atoms with van der Waals surface area (Å²) >= 11 is 1.87. The van der Waals surface area contributed by atoms with Crippen LogP contribution in [0.3, 0.4) is 0 Å². The highest BCUT2D eigenvalue weighted by Crippen LogP contribution is 2.32. The molecule has 0 aliphatic rings. The van der Waals surface area contributed by atoms with Crippen LogP contribution in [0, 0.1) is 13.8 Å². The molecular weight excluding hydrogens is 230 g/mol. The van der Waals surface area contributed by atoms with Crippen molar-refractivity contribution < 1.29 is 4.42 Å². The van der Waals surface area contributed by atoms with Crippen molar-refractivity contribution in [2.45, 2.75) is 33.2 Å². The number of hydrogen-bond donors (Lipinski definition) is 1. The van der Waals surface area contributed by atoms with Crippen LogP contribution < -0.4 is 5.32 Å². The van der Waals surface area contributed by atoms with E-state index in [1.165, 1.54) is 20.9 Å². The zero-order chi connectivity index (χ0) is 12.3. The van der Waals surface area contributed by atoms with E-state index in [0.29, 0.717) is 0 Å². The molecule has 2 heterocycles. The summed E-state index contributed by atoms with van der Waals surface area (Å²) in [7, 11) is 0. The van der Waals surface area contributed by atoms with Gasteiger partial charge in [0.15, 0.2) is 0 Å². The highest BCUT2D eigenvalue weighted by Gasteiger charge is 2.18. The summed E-state index contributed by atoms with van der Waals surface area (Å²) in [5.74, 6) is 0. The Bertz CT molecular complexity index is 459. The van der Waals surface area contributed by atoms with Gasteiger partial charge in [0.05, 0.1) is 18.6 Å². The molecule has 3 heteroatoms. The minimum atomic E-state index is 0.271. The molecule has 0 saturated carbocycles. The highest BCUT2D eigenvalue weighted by molar-refractivity contribution is 7.12. The number of furan rings is 1. The molecule has 2 aromatic rings. The quantitative estimate of drug-likeness (QED) is 0.865. The maximum absolute atomic E-state index is 5.21. The number of nitrogens with one attached hydrogen (secondary N) is 1. The van der Waals surface area contributed by atoms with E-state index < -0.39 is 0 Å². The fourth-order valence-corrected chi connectivity index (χ4v) is 3.18. The van der Waals surface area contributed by atoms with Crippen molar-refractivity contribution in [3.8, 4) is 0 Å². The summed E-state index contributed by atoms with van der Waals surface area (Å²) in [6.45, 7) is 7.55. The SMILES string of the molecule is CCCNC(c1ccoc1)c1sc(C)cc1C. The van der Waals surface area contributed by atoms with Crippen LogP contribution in [-0.2, 0) is 0 Å². The second-order valence-electron chi connectivity index (χ2n) is 4.35. The fourth-order valence-electron chi connectivity index (χ4n) is 2.04. The van der Waals surface area contributed by atoms with Gasteiger partial charge in [-0.15, -0.1) is 11.3 Å². The summed E-state index contributed by atoms with van der Waals surface area (Å²) < 4.78 is 5.21. The molecule has 2 nitrogen and oxygen atoms in total. The second kappa shape index (κ2) is 5.52. The average Bonchev–Trinajstić information content (AvgIpc) is 2.90. The molecule has 2 aromatic heterocycles. The monoisotopic (exact) mass is 249 g/mol. The van der Waals surface area contributed by atoms with Gasteiger partial charge in [0.2, 0.25) is 0 Å². The second-order valence-corrected chi connectivity index (χ2v) is 5.64. The lowest BCUT2D eigenvalue weighted by molar-refractivity contribution is 0.550. The Morgan fingerprint density at radius 3 is 2.76 bits per heavy atom. The van der Waals surface area contributed by atoms with Gasteiger partial charge in [0.25, 0.3) is 0 Å². The normalized spacial score (nSPS) is 12.9. The molecule has 1 N–H and O–H groups in total. The lowest BCUT2D eigenvalue weighted by Gasteiger charge is -2.16. The Morgan fingerprint density at radius 1 is 1.41 bits per heavy atom. The third kappa shape index (κ3) is 2.79. The summed E-state index contributed by atoms with van der Waals surface area (Å²) in [6, 6.07) is 4.56. The molecule has 0 spiro atoms. The molecule has 0 aliphatic heterocycles. The van der Waals surface area contributed by atoms with Crippen LogP contribution in [0.2, 0.25) is 0 Å². The van der Waals surface area contributed by atoms with Gasteiger partial charge in [-0.05, 0) is 44.5 Å². The van der Waals surface area contributed by atoms with Crippen LogP contribution in [-0.4, -0.2) is 6.54 Å². The van der Waals surface area contributed by atoms with Crippen molar-refractivity contribution in [3.63, 3.8) is 0 Å². The van der Waals surface area contributed by atoms with Gasteiger partial charge < -0.3 is 9.73 Å². The van der Waals surface area contributed by atoms with E-state index in [0.717, 1.165) is 13.0 Å². The highest BCUT2D eigenvalue weighted by atomic mass is 32.1. The molecule has 0 radical (unpaired) electrons. The van der Waals surface area contributed by atoms with Gasteiger partial charge in [-0.25, -0.2) is 0 Å². The molecule has 0 aromatic carbocycles. The van der Waals surface area contributed by atoms with E-state index in [9.17, 15) is 0 Å². The fraction of sp³-hybridized carbons (Fsp3) is 0.429. The number of hydrogen-bond acceptors (Lipinski definition) is 3. The molecule has 0 amide bonds. The first kappa shape index (κ1) is 12.4. The average molecular weight is 249 g/mol. The minimum Gasteiger partial charge on any atom is -0.472 e.